The largest absolute Gasteiger partial charge is 0.497 e. The first-order valence-electron chi connectivity index (χ1n) is 10.2. The van der Waals surface area contributed by atoms with Gasteiger partial charge in [0.05, 0.1) is 26.3 Å². The second-order valence-electron chi connectivity index (χ2n) is 7.76. The number of carbonyl (C=O) groups excluding carboxylic acids is 1. The Hall–Kier alpha value is -3.21. The molecule has 0 radical (unpaired) electrons. The fourth-order valence-corrected chi connectivity index (χ4v) is 3.53. The maximum absolute atomic E-state index is 13.5. The number of nitrogens with zero attached hydrogens (tertiary/aromatic N) is 2. The van der Waals surface area contributed by atoms with Gasteiger partial charge in [0, 0.05) is 31.0 Å². The molecule has 3 rings (SSSR count). The van der Waals surface area contributed by atoms with Gasteiger partial charge in [-0.15, -0.1) is 0 Å². The Balaban J connectivity index is 1.86. The van der Waals surface area contributed by atoms with Crippen LogP contribution in [0.2, 0.25) is 0 Å². The lowest BCUT2D eigenvalue weighted by atomic mass is 10.1. The van der Waals surface area contributed by atoms with Crippen molar-refractivity contribution in [3.8, 4) is 11.5 Å². The molecule has 5 nitrogen and oxygen atoms in total. The SMILES string of the molecule is COc1ccc(C(=O)N(Cc2cccn2Cc2ccccc2)CC(C)C)c(OC)c1. The number of methoxy groups -OCH3 is 2. The minimum atomic E-state index is -0.0457. The minimum Gasteiger partial charge on any atom is -0.497 e. The van der Waals surface area contributed by atoms with Gasteiger partial charge in [0.25, 0.3) is 5.91 Å². The van der Waals surface area contributed by atoms with E-state index in [9.17, 15) is 4.79 Å². The number of carbonyl (C=O) groups is 1. The molecule has 5 heteroatoms. The maximum Gasteiger partial charge on any atom is 0.257 e. The van der Waals surface area contributed by atoms with Gasteiger partial charge in [0.1, 0.15) is 11.5 Å². The summed E-state index contributed by atoms with van der Waals surface area (Å²) in [5.41, 5.74) is 2.87. The lowest BCUT2D eigenvalue weighted by Crippen LogP contribution is -2.34. The van der Waals surface area contributed by atoms with Crippen molar-refractivity contribution in [2.45, 2.75) is 26.9 Å². The Bertz CT molecular complexity index is 964. The van der Waals surface area contributed by atoms with Crippen LogP contribution in [0.15, 0.2) is 66.9 Å². The van der Waals surface area contributed by atoms with E-state index in [1.165, 1.54) is 5.56 Å². The van der Waals surface area contributed by atoms with Crippen molar-refractivity contribution in [1.29, 1.82) is 0 Å². The molecule has 0 aliphatic carbocycles. The second-order valence-corrected chi connectivity index (χ2v) is 7.76. The summed E-state index contributed by atoms with van der Waals surface area (Å²) in [7, 11) is 3.17. The average Bonchev–Trinajstić information content (AvgIpc) is 3.19. The van der Waals surface area contributed by atoms with Crippen molar-refractivity contribution in [3.05, 3.63) is 83.7 Å². The van der Waals surface area contributed by atoms with Crippen LogP contribution in [0, 0.1) is 5.92 Å². The molecule has 0 bridgehead atoms. The summed E-state index contributed by atoms with van der Waals surface area (Å²) in [6, 6.07) is 19.8. The molecule has 1 amide bonds. The van der Waals surface area contributed by atoms with E-state index < -0.39 is 0 Å². The van der Waals surface area contributed by atoms with Gasteiger partial charge in [-0.2, -0.15) is 0 Å². The van der Waals surface area contributed by atoms with Gasteiger partial charge in [-0.1, -0.05) is 44.2 Å². The first kappa shape index (κ1) is 21.5. The van der Waals surface area contributed by atoms with Crippen LogP contribution in [-0.4, -0.2) is 36.1 Å². The van der Waals surface area contributed by atoms with Crippen LogP contribution < -0.4 is 9.47 Å². The first-order valence-corrected chi connectivity index (χ1v) is 10.2. The highest BCUT2D eigenvalue weighted by Gasteiger charge is 2.22. The molecule has 0 unspecified atom stereocenters. The van der Waals surface area contributed by atoms with E-state index in [1.807, 2.05) is 29.2 Å². The van der Waals surface area contributed by atoms with E-state index in [4.69, 9.17) is 9.47 Å². The summed E-state index contributed by atoms with van der Waals surface area (Å²) >= 11 is 0. The summed E-state index contributed by atoms with van der Waals surface area (Å²) in [5.74, 6) is 1.48. The van der Waals surface area contributed by atoms with E-state index in [0.717, 1.165) is 12.2 Å². The predicted octanol–water partition coefficient (Wildman–Crippen LogP) is 4.85. The van der Waals surface area contributed by atoms with E-state index in [-0.39, 0.29) is 5.91 Å². The summed E-state index contributed by atoms with van der Waals surface area (Å²) in [4.78, 5) is 15.3. The van der Waals surface area contributed by atoms with Crippen molar-refractivity contribution in [2.75, 3.05) is 20.8 Å². The molecule has 1 aromatic heterocycles. The topological polar surface area (TPSA) is 43.7 Å². The number of hydrogen-bond donors (Lipinski definition) is 0. The van der Waals surface area contributed by atoms with Crippen LogP contribution in [0.1, 0.15) is 35.5 Å². The molecule has 0 spiro atoms. The summed E-state index contributed by atoms with van der Waals surface area (Å²) in [6.45, 7) is 6.21. The van der Waals surface area contributed by atoms with Crippen LogP contribution in [0.3, 0.4) is 0 Å². The Morgan fingerprint density at radius 1 is 1.00 bits per heavy atom. The Kier molecular flexibility index (Phi) is 7.17. The molecule has 0 fully saturated rings. The van der Waals surface area contributed by atoms with Gasteiger partial charge in [-0.25, -0.2) is 0 Å². The van der Waals surface area contributed by atoms with E-state index >= 15 is 0 Å². The van der Waals surface area contributed by atoms with Crippen LogP contribution in [0.5, 0.6) is 11.5 Å². The third-order valence-corrected chi connectivity index (χ3v) is 4.98. The standard InChI is InChI=1S/C25H30N2O3/c1-19(2)16-27(25(28)23-13-12-22(29-3)15-24(23)30-4)18-21-11-8-14-26(21)17-20-9-6-5-7-10-20/h5-15,19H,16-18H2,1-4H3. The van der Waals surface area contributed by atoms with Gasteiger partial charge < -0.3 is 18.9 Å². The van der Waals surface area contributed by atoms with Crippen molar-refractivity contribution >= 4 is 5.91 Å². The quantitative estimate of drug-likeness (QED) is 0.510. The summed E-state index contributed by atoms with van der Waals surface area (Å²) in [5, 5.41) is 0. The molecule has 158 valence electrons. The van der Waals surface area contributed by atoms with Crippen molar-refractivity contribution in [3.63, 3.8) is 0 Å². The third-order valence-electron chi connectivity index (χ3n) is 4.98. The van der Waals surface area contributed by atoms with Crippen molar-refractivity contribution in [1.82, 2.24) is 9.47 Å². The third kappa shape index (κ3) is 5.23. The van der Waals surface area contributed by atoms with Gasteiger partial charge in [0.2, 0.25) is 0 Å². The van der Waals surface area contributed by atoms with Crippen LogP contribution >= 0.6 is 0 Å². The van der Waals surface area contributed by atoms with E-state index in [0.29, 0.717) is 36.1 Å². The fraction of sp³-hybridized carbons (Fsp3) is 0.320. The average molecular weight is 407 g/mol. The van der Waals surface area contributed by atoms with E-state index in [1.54, 1.807) is 32.4 Å². The number of rotatable bonds is 9. The molecule has 0 atom stereocenters. The zero-order valence-corrected chi connectivity index (χ0v) is 18.2. The molecular weight excluding hydrogens is 376 g/mol. The zero-order valence-electron chi connectivity index (χ0n) is 18.2. The number of benzene rings is 2. The maximum atomic E-state index is 13.5. The van der Waals surface area contributed by atoms with Crippen LogP contribution in [0.25, 0.3) is 0 Å². The number of aromatic nitrogens is 1. The first-order chi connectivity index (χ1) is 14.5. The molecule has 0 saturated carbocycles. The highest BCUT2D eigenvalue weighted by Crippen LogP contribution is 2.26. The van der Waals surface area contributed by atoms with Gasteiger partial charge in [0.15, 0.2) is 0 Å². The normalized spacial score (nSPS) is 10.8. The van der Waals surface area contributed by atoms with Crippen molar-refractivity contribution in [2.24, 2.45) is 5.92 Å². The van der Waals surface area contributed by atoms with Crippen molar-refractivity contribution < 1.29 is 14.3 Å². The monoisotopic (exact) mass is 406 g/mol. The molecule has 0 aliphatic rings. The van der Waals surface area contributed by atoms with E-state index in [2.05, 4.69) is 42.8 Å². The van der Waals surface area contributed by atoms with Gasteiger partial charge in [-0.05, 0) is 35.7 Å². The number of hydrogen-bond acceptors (Lipinski definition) is 3. The molecule has 0 N–H and O–H groups in total. The Labute approximate surface area is 178 Å². The fourth-order valence-electron chi connectivity index (χ4n) is 3.53. The lowest BCUT2D eigenvalue weighted by Gasteiger charge is -2.26. The smallest absolute Gasteiger partial charge is 0.257 e. The number of ether oxygens (including phenoxy) is 2. The van der Waals surface area contributed by atoms with Crippen LogP contribution in [-0.2, 0) is 13.1 Å². The molecule has 30 heavy (non-hydrogen) atoms. The molecule has 0 saturated heterocycles. The van der Waals surface area contributed by atoms with Gasteiger partial charge in [-0.3, -0.25) is 4.79 Å². The highest BCUT2D eigenvalue weighted by molar-refractivity contribution is 5.97. The van der Waals surface area contributed by atoms with Gasteiger partial charge >= 0.3 is 0 Å². The highest BCUT2D eigenvalue weighted by atomic mass is 16.5. The summed E-state index contributed by atoms with van der Waals surface area (Å²) < 4.78 is 12.9. The van der Waals surface area contributed by atoms with Crippen LogP contribution in [0.4, 0.5) is 0 Å². The molecule has 3 aromatic rings. The predicted molar refractivity (Wildman–Crippen MR) is 119 cm³/mol. The zero-order chi connectivity index (χ0) is 21.5. The molecule has 0 aliphatic heterocycles. The molecular formula is C25H30N2O3. The second kappa shape index (κ2) is 10.0. The Morgan fingerprint density at radius 2 is 1.77 bits per heavy atom. The summed E-state index contributed by atoms with van der Waals surface area (Å²) in [6.07, 6.45) is 2.06. The lowest BCUT2D eigenvalue weighted by molar-refractivity contribution is 0.0715. The molecule has 2 aromatic carbocycles. The minimum absolute atomic E-state index is 0.0457. The Morgan fingerprint density at radius 3 is 2.43 bits per heavy atom. The molecule has 1 heterocycles. The number of amides is 1.